The van der Waals surface area contributed by atoms with Gasteiger partial charge < -0.3 is 19.5 Å². The molecule has 0 saturated carbocycles. The number of hydrogen-bond acceptors (Lipinski definition) is 6. The number of carbonyl (C=O) groups is 2. The molecule has 1 N–H and O–H groups in total. The van der Waals surface area contributed by atoms with Gasteiger partial charge in [0.1, 0.15) is 12.4 Å². The fourth-order valence-electron chi connectivity index (χ4n) is 4.42. The molecule has 33 heavy (non-hydrogen) atoms. The van der Waals surface area contributed by atoms with E-state index in [2.05, 4.69) is 5.32 Å². The van der Waals surface area contributed by atoms with Gasteiger partial charge in [-0.3, -0.25) is 4.79 Å². The predicted molar refractivity (Wildman–Crippen MR) is 120 cm³/mol. The molecule has 4 rings (SSSR count). The maximum atomic E-state index is 13.1. The van der Waals surface area contributed by atoms with Crippen molar-refractivity contribution in [1.29, 1.82) is 0 Å². The van der Waals surface area contributed by atoms with Crippen molar-refractivity contribution in [3.05, 3.63) is 81.9 Å². The lowest BCUT2D eigenvalue weighted by Crippen LogP contribution is -2.34. The molecule has 2 aromatic rings. The van der Waals surface area contributed by atoms with Gasteiger partial charge in [0.2, 0.25) is 0 Å². The molecule has 7 heteroatoms. The van der Waals surface area contributed by atoms with Gasteiger partial charge >= 0.3 is 5.97 Å². The number of rotatable bonds is 6. The first kappa shape index (κ1) is 22.6. The summed E-state index contributed by atoms with van der Waals surface area (Å²) in [4.78, 5) is 25.6. The Hall–Kier alpha value is -3.61. The fraction of sp³-hybridized carbons (Fsp3) is 0.308. The van der Waals surface area contributed by atoms with Gasteiger partial charge in [0.25, 0.3) is 0 Å². The van der Waals surface area contributed by atoms with E-state index in [0.29, 0.717) is 34.8 Å². The zero-order valence-electron chi connectivity index (χ0n) is 18.9. The molecule has 0 fully saturated rings. The van der Waals surface area contributed by atoms with Crippen LogP contribution in [0.5, 0.6) is 11.5 Å². The van der Waals surface area contributed by atoms with E-state index in [1.807, 2.05) is 13.0 Å². The SMILES string of the molecule is COC(=O)C1=C(C)NC2=C(C(=O)CCC2)[C@H]1c1ccc(OCc2ccc(F)cc2)c(OC)c1. The summed E-state index contributed by atoms with van der Waals surface area (Å²) in [6.45, 7) is 2.06. The summed E-state index contributed by atoms with van der Waals surface area (Å²) < 4.78 is 29.7. The molecule has 172 valence electrons. The maximum absolute atomic E-state index is 13.1. The van der Waals surface area contributed by atoms with Gasteiger partial charge in [0, 0.05) is 29.3 Å². The summed E-state index contributed by atoms with van der Waals surface area (Å²) in [6, 6.07) is 11.5. The van der Waals surface area contributed by atoms with Gasteiger partial charge in [-0.15, -0.1) is 0 Å². The first-order chi connectivity index (χ1) is 15.9. The van der Waals surface area contributed by atoms with Crippen molar-refractivity contribution in [2.45, 2.75) is 38.7 Å². The highest BCUT2D eigenvalue weighted by Gasteiger charge is 2.39. The van der Waals surface area contributed by atoms with Crippen LogP contribution in [0.3, 0.4) is 0 Å². The van der Waals surface area contributed by atoms with Crippen LogP contribution >= 0.6 is 0 Å². The van der Waals surface area contributed by atoms with Crippen LogP contribution in [0, 0.1) is 5.82 Å². The number of allylic oxidation sites excluding steroid dienone is 3. The van der Waals surface area contributed by atoms with Crippen molar-refractivity contribution in [3.63, 3.8) is 0 Å². The van der Waals surface area contributed by atoms with Crippen LogP contribution in [0.2, 0.25) is 0 Å². The highest BCUT2D eigenvalue weighted by Crippen LogP contribution is 2.44. The molecule has 2 aliphatic rings. The molecular weight excluding hydrogens is 425 g/mol. The van der Waals surface area contributed by atoms with E-state index >= 15 is 0 Å². The van der Waals surface area contributed by atoms with Crippen LogP contribution < -0.4 is 14.8 Å². The number of dihydropyridines is 1. The summed E-state index contributed by atoms with van der Waals surface area (Å²) >= 11 is 0. The lowest BCUT2D eigenvalue weighted by Gasteiger charge is -2.34. The van der Waals surface area contributed by atoms with Crippen LogP contribution in [-0.2, 0) is 20.9 Å². The Morgan fingerprint density at radius 1 is 1.09 bits per heavy atom. The molecule has 0 amide bonds. The van der Waals surface area contributed by atoms with E-state index in [-0.39, 0.29) is 18.2 Å². The molecule has 1 aliphatic carbocycles. The lowest BCUT2D eigenvalue weighted by atomic mass is 9.75. The third-order valence-electron chi connectivity index (χ3n) is 6.01. The number of ether oxygens (including phenoxy) is 3. The van der Waals surface area contributed by atoms with Gasteiger partial charge in [0.05, 0.1) is 19.8 Å². The average molecular weight is 451 g/mol. The molecule has 0 aromatic heterocycles. The minimum Gasteiger partial charge on any atom is -0.493 e. The van der Waals surface area contributed by atoms with Crippen LogP contribution in [0.1, 0.15) is 43.2 Å². The molecule has 0 radical (unpaired) electrons. The Bertz CT molecular complexity index is 1150. The predicted octanol–water partition coefficient (Wildman–Crippen LogP) is 4.55. The van der Waals surface area contributed by atoms with E-state index in [9.17, 15) is 14.0 Å². The highest BCUT2D eigenvalue weighted by molar-refractivity contribution is 6.03. The third kappa shape index (κ3) is 4.49. The minimum atomic E-state index is -0.554. The molecule has 0 saturated heterocycles. The highest BCUT2D eigenvalue weighted by atomic mass is 19.1. The zero-order valence-corrected chi connectivity index (χ0v) is 18.9. The van der Waals surface area contributed by atoms with Crippen LogP contribution in [0.25, 0.3) is 0 Å². The van der Waals surface area contributed by atoms with Gasteiger partial charge in [-0.25, -0.2) is 9.18 Å². The summed E-state index contributed by atoms with van der Waals surface area (Å²) in [6.07, 6.45) is 1.97. The first-order valence-electron chi connectivity index (χ1n) is 10.8. The van der Waals surface area contributed by atoms with Crippen molar-refractivity contribution < 1.29 is 28.2 Å². The van der Waals surface area contributed by atoms with Crippen molar-refractivity contribution in [2.24, 2.45) is 0 Å². The van der Waals surface area contributed by atoms with E-state index in [4.69, 9.17) is 14.2 Å². The van der Waals surface area contributed by atoms with E-state index in [1.165, 1.54) is 26.4 Å². The number of hydrogen-bond donors (Lipinski definition) is 1. The second-order valence-corrected chi connectivity index (χ2v) is 8.08. The second kappa shape index (κ2) is 9.48. The smallest absolute Gasteiger partial charge is 0.336 e. The Morgan fingerprint density at radius 2 is 1.85 bits per heavy atom. The monoisotopic (exact) mass is 451 g/mol. The fourth-order valence-corrected chi connectivity index (χ4v) is 4.42. The first-order valence-corrected chi connectivity index (χ1v) is 10.8. The van der Waals surface area contributed by atoms with Crippen LogP contribution in [0.15, 0.2) is 65.0 Å². The Kier molecular flexibility index (Phi) is 6.49. The third-order valence-corrected chi connectivity index (χ3v) is 6.01. The number of halogens is 1. The van der Waals surface area contributed by atoms with E-state index < -0.39 is 11.9 Å². The minimum absolute atomic E-state index is 0.0262. The number of methoxy groups -OCH3 is 2. The lowest BCUT2D eigenvalue weighted by molar-refractivity contribution is -0.136. The molecule has 1 heterocycles. The summed E-state index contributed by atoms with van der Waals surface area (Å²) in [7, 11) is 2.87. The number of benzene rings is 2. The normalized spacial score (nSPS) is 17.9. The number of nitrogens with one attached hydrogen (secondary N) is 1. The second-order valence-electron chi connectivity index (χ2n) is 8.08. The number of Topliss-reactive ketones (excluding diaryl/α,β-unsaturated/α-hetero) is 1. The summed E-state index contributed by atoms with van der Waals surface area (Å²) in [5.74, 6) is -0.340. The summed E-state index contributed by atoms with van der Waals surface area (Å²) in [5.41, 5.74) is 4.11. The Balaban J connectivity index is 1.71. The van der Waals surface area contributed by atoms with Gasteiger partial charge in [-0.2, -0.15) is 0 Å². The largest absolute Gasteiger partial charge is 0.493 e. The quantitative estimate of drug-likeness (QED) is 0.650. The van der Waals surface area contributed by atoms with Gasteiger partial charge in [0.15, 0.2) is 17.3 Å². The average Bonchev–Trinajstić information content (AvgIpc) is 2.82. The molecular formula is C26H26FNO5. The van der Waals surface area contributed by atoms with Crippen LogP contribution in [0.4, 0.5) is 4.39 Å². The topological polar surface area (TPSA) is 73.9 Å². The van der Waals surface area contributed by atoms with E-state index in [1.54, 1.807) is 24.3 Å². The molecule has 0 spiro atoms. The van der Waals surface area contributed by atoms with E-state index in [0.717, 1.165) is 29.7 Å². The number of esters is 1. The van der Waals surface area contributed by atoms with Crippen molar-refractivity contribution in [3.8, 4) is 11.5 Å². The van der Waals surface area contributed by atoms with Crippen molar-refractivity contribution in [2.75, 3.05) is 14.2 Å². The molecule has 0 unspecified atom stereocenters. The van der Waals surface area contributed by atoms with Crippen molar-refractivity contribution >= 4 is 11.8 Å². The summed E-state index contributed by atoms with van der Waals surface area (Å²) in [5, 5.41) is 3.25. The number of carbonyl (C=O) groups excluding carboxylic acids is 2. The van der Waals surface area contributed by atoms with Crippen LogP contribution in [-0.4, -0.2) is 26.0 Å². The molecule has 2 aromatic carbocycles. The maximum Gasteiger partial charge on any atom is 0.336 e. The Labute approximate surface area is 192 Å². The molecule has 1 aliphatic heterocycles. The standard InChI is InChI=1S/C26H26FNO5/c1-15-23(26(30)32-3)24(25-19(28-15)5-4-6-20(25)29)17-9-12-21(22(13-17)31-2)33-14-16-7-10-18(27)11-8-16/h7-13,24,28H,4-6,14H2,1-3H3/t24-/m0/s1. The molecule has 6 nitrogen and oxygen atoms in total. The van der Waals surface area contributed by atoms with Crippen molar-refractivity contribution in [1.82, 2.24) is 5.32 Å². The molecule has 0 bridgehead atoms. The number of ketones is 1. The van der Waals surface area contributed by atoms with Gasteiger partial charge in [-0.05, 0) is 55.2 Å². The Morgan fingerprint density at radius 3 is 2.55 bits per heavy atom. The van der Waals surface area contributed by atoms with Gasteiger partial charge in [-0.1, -0.05) is 18.2 Å². The molecule has 1 atom stereocenters. The zero-order chi connectivity index (χ0) is 23.5.